The van der Waals surface area contributed by atoms with Gasteiger partial charge in [0.25, 0.3) is 0 Å². The molecule has 1 aromatic carbocycles. The molecule has 0 fully saturated rings. The number of benzene rings is 1. The van der Waals surface area contributed by atoms with Crippen molar-refractivity contribution in [3.63, 3.8) is 0 Å². The SMILES string of the molecule is CCCc1cc(Cl)nc(CSc2ccccc2)n1. The minimum Gasteiger partial charge on any atom is -0.237 e. The Bertz CT molecular complexity index is 502. The maximum Gasteiger partial charge on any atom is 0.140 e. The summed E-state index contributed by atoms with van der Waals surface area (Å²) >= 11 is 7.73. The summed E-state index contributed by atoms with van der Waals surface area (Å²) in [6.07, 6.45) is 2.02. The molecule has 2 nitrogen and oxygen atoms in total. The van der Waals surface area contributed by atoms with E-state index in [0.29, 0.717) is 5.15 Å². The number of rotatable bonds is 5. The van der Waals surface area contributed by atoms with E-state index in [0.717, 1.165) is 30.1 Å². The molecule has 0 spiro atoms. The lowest BCUT2D eigenvalue weighted by atomic mass is 10.2. The third-order valence-electron chi connectivity index (χ3n) is 2.41. The first-order valence-electron chi connectivity index (χ1n) is 5.98. The second-order valence-electron chi connectivity index (χ2n) is 3.95. The third-order valence-corrected chi connectivity index (χ3v) is 3.61. The molecule has 0 N–H and O–H groups in total. The molecule has 0 atom stereocenters. The van der Waals surface area contributed by atoms with Crippen molar-refractivity contribution in [2.24, 2.45) is 0 Å². The average Bonchev–Trinajstić information content (AvgIpc) is 2.37. The van der Waals surface area contributed by atoms with Crippen molar-refractivity contribution in [1.29, 1.82) is 0 Å². The van der Waals surface area contributed by atoms with Gasteiger partial charge in [-0.2, -0.15) is 0 Å². The van der Waals surface area contributed by atoms with Crippen LogP contribution in [0.15, 0.2) is 41.3 Å². The Morgan fingerprint density at radius 1 is 1.17 bits per heavy atom. The molecule has 0 amide bonds. The first kappa shape index (κ1) is 13.4. The van der Waals surface area contributed by atoms with Crippen molar-refractivity contribution in [3.05, 3.63) is 53.1 Å². The summed E-state index contributed by atoms with van der Waals surface area (Å²) in [7, 11) is 0. The Kier molecular flexibility index (Phi) is 5.02. The van der Waals surface area contributed by atoms with Crippen molar-refractivity contribution in [2.75, 3.05) is 0 Å². The van der Waals surface area contributed by atoms with Crippen LogP contribution in [0.5, 0.6) is 0 Å². The van der Waals surface area contributed by atoms with E-state index in [1.807, 2.05) is 24.3 Å². The van der Waals surface area contributed by atoms with E-state index in [4.69, 9.17) is 11.6 Å². The van der Waals surface area contributed by atoms with Crippen LogP contribution in [0.4, 0.5) is 0 Å². The summed E-state index contributed by atoms with van der Waals surface area (Å²) in [5, 5.41) is 0.539. The second-order valence-corrected chi connectivity index (χ2v) is 5.39. The molecule has 2 aromatic rings. The molecule has 0 saturated carbocycles. The van der Waals surface area contributed by atoms with Gasteiger partial charge < -0.3 is 0 Å². The van der Waals surface area contributed by atoms with Crippen molar-refractivity contribution >= 4 is 23.4 Å². The highest BCUT2D eigenvalue weighted by Crippen LogP contribution is 2.21. The monoisotopic (exact) mass is 278 g/mol. The lowest BCUT2D eigenvalue weighted by Crippen LogP contribution is -1.98. The molecule has 4 heteroatoms. The minimum atomic E-state index is 0.539. The van der Waals surface area contributed by atoms with Crippen LogP contribution in [0.25, 0.3) is 0 Å². The number of thioether (sulfide) groups is 1. The first-order chi connectivity index (χ1) is 8.78. The van der Waals surface area contributed by atoms with Crippen molar-refractivity contribution in [1.82, 2.24) is 9.97 Å². The minimum absolute atomic E-state index is 0.539. The van der Waals surface area contributed by atoms with Crippen molar-refractivity contribution in [3.8, 4) is 0 Å². The topological polar surface area (TPSA) is 25.8 Å². The van der Waals surface area contributed by atoms with E-state index < -0.39 is 0 Å². The Hall–Kier alpha value is -1.06. The summed E-state index contributed by atoms with van der Waals surface area (Å²) in [5.74, 6) is 1.56. The molecular weight excluding hydrogens is 264 g/mol. The number of aromatic nitrogens is 2. The predicted molar refractivity (Wildman–Crippen MR) is 77.0 cm³/mol. The fraction of sp³-hybridized carbons (Fsp3) is 0.286. The van der Waals surface area contributed by atoms with Crippen molar-refractivity contribution < 1.29 is 0 Å². The molecule has 0 saturated heterocycles. The highest BCUT2D eigenvalue weighted by atomic mass is 35.5. The van der Waals surface area contributed by atoms with Crippen LogP contribution in [0.2, 0.25) is 5.15 Å². The zero-order valence-corrected chi connectivity index (χ0v) is 11.8. The summed E-state index contributed by atoms with van der Waals surface area (Å²) in [6.45, 7) is 2.13. The van der Waals surface area contributed by atoms with E-state index in [9.17, 15) is 0 Å². The van der Waals surface area contributed by atoms with Crippen molar-refractivity contribution in [2.45, 2.75) is 30.4 Å². The van der Waals surface area contributed by atoms with E-state index in [1.54, 1.807) is 11.8 Å². The molecule has 0 aliphatic heterocycles. The van der Waals surface area contributed by atoms with Gasteiger partial charge in [-0.1, -0.05) is 43.1 Å². The quantitative estimate of drug-likeness (QED) is 0.600. The number of aryl methyl sites for hydroxylation is 1. The maximum absolute atomic E-state index is 6.01. The molecular formula is C14H15ClN2S. The zero-order chi connectivity index (χ0) is 12.8. The van der Waals surface area contributed by atoms with Crippen LogP contribution in [0, 0.1) is 0 Å². The summed E-state index contributed by atoms with van der Waals surface area (Å²) in [5.41, 5.74) is 1.03. The van der Waals surface area contributed by atoms with Crippen LogP contribution in [-0.4, -0.2) is 9.97 Å². The zero-order valence-electron chi connectivity index (χ0n) is 10.3. The highest BCUT2D eigenvalue weighted by Gasteiger charge is 2.04. The fourth-order valence-corrected chi connectivity index (χ4v) is 2.63. The highest BCUT2D eigenvalue weighted by molar-refractivity contribution is 7.98. The molecule has 18 heavy (non-hydrogen) atoms. The molecule has 0 aliphatic rings. The van der Waals surface area contributed by atoms with Crippen LogP contribution in [0.1, 0.15) is 24.9 Å². The number of nitrogens with zero attached hydrogens (tertiary/aromatic N) is 2. The number of hydrogen-bond acceptors (Lipinski definition) is 3. The summed E-state index contributed by atoms with van der Waals surface area (Å²) in [4.78, 5) is 10.0. The molecule has 0 unspecified atom stereocenters. The lowest BCUT2D eigenvalue weighted by molar-refractivity contribution is 0.853. The summed E-state index contributed by atoms with van der Waals surface area (Å²) in [6, 6.07) is 12.1. The standard InChI is InChI=1S/C14H15ClN2S/c1-2-6-11-9-13(15)17-14(16-11)10-18-12-7-4-3-5-8-12/h3-5,7-9H,2,6,10H2,1H3. The molecule has 0 aliphatic carbocycles. The summed E-state index contributed by atoms with van der Waals surface area (Å²) < 4.78 is 0. The van der Waals surface area contributed by atoms with E-state index in [1.165, 1.54) is 4.90 Å². The maximum atomic E-state index is 6.01. The Balaban J connectivity index is 2.05. The lowest BCUT2D eigenvalue weighted by Gasteiger charge is -2.04. The molecule has 2 rings (SSSR count). The Labute approximate surface area is 117 Å². The van der Waals surface area contributed by atoms with Gasteiger partial charge in [0.05, 0.1) is 5.75 Å². The molecule has 1 aromatic heterocycles. The largest absolute Gasteiger partial charge is 0.237 e. The van der Waals surface area contributed by atoms with Crippen LogP contribution in [0.3, 0.4) is 0 Å². The number of halogens is 1. The Morgan fingerprint density at radius 3 is 2.67 bits per heavy atom. The van der Waals surface area contributed by atoms with Gasteiger partial charge in [-0.05, 0) is 24.6 Å². The van der Waals surface area contributed by atoms with Crippen LogP contribution in [-0.2, 0) is 12.2 Å². The molecule has 1 heterocycles. The second kappa shape index (κ2) is 6.76. The van der Waals surface area contributed by atoms with Gasteiger partial charge in [0.1, 0.15) is 11.0 Å². The van der Waals surface area contributed by atoms with Gasteiger partial charge in [0, 0.05) is 10.6 Å². The van der Waals surface area contributed by atoms with Gasteiger partial charge in [-0.15, -0.1) is 11.8 Å². The van der Waals surface area contributed by atoms with E-state index >= 15 is 0 Å². The van der Waals surface area contributed by atoms with Gasteiger partial charge in [0.2, 0.25) is 0 Å². The third kappa shape index (κ3) is 4.00. The van der Waals surface area contributed by atoms with Gasteiger partial charge in [-0.3, -0.25) is 0 Å². The average molecular weight is 279 g/mol. The fourth-order valence-electron chi connectivity index (χ4n) is 1.63. The Morgan fingerprint density at radius 2 is 1.94 bits per heavy atom. The number of hydrogen-bond donors (Lipinski definition) is 0. The van der Waals surface area contributed by atoms with E-state index in [-0.39, 0.29) is 0 Å². The predicted octanol–water partition coefficient (Wildman–Crippen LogP) is 4.37. The molecule has 94 valence electrons. The van der Waals surface area contributed by atoms with Crippen LogP contribution < -0.4 is 0 Å². The first-order valence-corrected chi connectivity index (χ1v) is 7.34. The molecule has 0 radical (unpaired) electrons. The van der Waals surface area contributed by atoms with Gasteiger partial charge >= 0.3 is 0 Å². The van der Waals surface area contributed by atoms with E-state index in [2.05, 4.69) is 29.0 Å². The normalized spacial score (nSPS) is 10.6. The van der Waals surface area contributed by atoms with Gasteiger partial charge in [-0.25, -0.2) is 9.97 Å². The molecule has 0 bridgehead atoms. The van der Waals surface area contributed by atoms with Crippen LogP contribution >= 0.6 is 23.4 Å². The smallest absolute Gasteiger partial charge is 0.140 e. The van der Waals surface area contributed by atoms with Gasteiger partial charge in [0.15, 0.2) is 0 Å².